The molecule has 5 rings (SSSR count). The van der Waals surface area contributed by atoms with E-state index in [9.17, 15) is 9.59 Å². The van der Waals surface area contributed by atoms with E-state index in [-0.39, 0.29) is 18.1 Å². The first-order valence-corrected chi connectivity index (χ1v) is 11.7. The van der Waals surface area contributed by atoms with Crippen molar-refractivity contribution in [2.24, 2.45) is 0 Å². The zero-order chi connectivity index (χ0) is 24.9. The van der Waals surface area contributed by atoms with E-state index in [4.69, 9.17) is 0 Å². The molecule has 0 saturated heterocycles. The minimum Gasteiger partial charge on any atom is -0.324 e. The smallest absolute Gasteiger partial charge is 0.324 e. The Hall–Kier alpha value is -4.20. The molecular formula is C27H28N6O2. The van der Waals surface area contributed by atoms with Crippen LogP contribution in [0.4, 0.5) is 5.69 Å². The summed E-state index contributed by atoms with van der Waals surface area (Å²) >= 11 is 0. The minimum atomic E-state index is -0.376. The quantitative estimate of drug-likeness (QED) is 0.412. The van der Waals surface area contributed by atoms with Crippen molar-refractivity contribution < 1.29 is 4.79 Å². The van der Waals surface area contributed by atoms with E-state index in [0.29, 0.717) is 17.1 Å². The Balaban J connectivity index is 1.47. The first-order chi connectivity index (χ1) is 16.7. The molecule has 35 heavy (non-hydrogen) atoms. The van der Waals surface area contributed by atoms with Crippen LogP contribution >= 0.6 is 0 Å². The molecule has 0 aliphatic carbocycles. The highest BCUT2D eigenvalue weighted by molar-refractivity contribution is 5.92. The number of rotatable bonds is 5. The van der Waals surface area contributed by atoms with Gasteiger partial charge in [0.05, 0.1) is 5.69 Å². The van der Waals surface area contributed by atoms with E-state index in [2.05, 4.69) is 53.6 Å². The number of amides is 1. The van der Waals surface area contributed by atoms with Crippen LogP contribution in [0.15, 0.2) is 59.7 Å². The van der Waals surface area contributed by atoms with Gasteiger partial charge in [0.25, 0.3) is 0 Å². The second-order valence-corrected chi connectivity index (χ2v) is 9.39. The minimum absolute atomic E-state index is 0.183. The summed E-state index contributed by atoms with van der Waals surface area (Å²) in [5.74, 6) is 0.151. The maximum atomic E-state index is 13.0. The second-order valence-electron chi connectivity index (χ2n) is 9.39. The van der Waals surface area contributed by atoms with Gasteiger partial charge in [0.1, 0.15) is 12.1 Å². The van der Waals surface area contributed by atoms with Crippen LogP contribution in [0.2, 0.25) is 0 Å². The third-order valence-corrected chi connectivity index (χ3v) is 6.30. The Morgan fingerprint density at radius 2 is 1.66 bits per heavy atom. The molecule has 1 N–H and O–H groups in total. The Labute approximate surface area is 202 Å². The average molecular weight is 469 g/mol. The van der Waals surface area contributed by atoms with Gasteiger partial charge in [0, 0.05) is 23.6 Å². The first kappa shape index (κ1) is 22.6. The highest BCUT2D eigenvalue weighted by Crippen LogP contribution is 2.24. The van der Waals surface area contributed by atoms with Crippen LogP contribution in [0.1, 0.15) is 42.0 Å². The summed E-state index contributed by atoms with van der Waals surface area (Å²) in [5.41, 5.74) is 7.67. The molecule has 1 amide bonds. The normalized spacial score (nSPS) is 11.6. The van der Waals surface area contributed by atoms with Crippen LogP contribution in [0.5, 0.6) is 0 Å². The number of hydrogen-bond acceptors (Lipinski definition) is 4. The van der Waals surface area contributed by atoms with Crippen molar-refractivity contribution in [2.45, 2.75) is 47.1 Å². The first-order valence-electron chi connectivity index (χ1n) is 11.7. The lowest BCUT2D eigenvalue weighted by atomic mass is 10.0. The fourth-order valence-corrected chi connectivity index (χ4v) is 4.51. The topological polar surface area (TPSA) is 85.7 Å². The van der Waals surface area contributed by atoms with Crippen molar-refractivity contribution in [2.75, 3.05) is 5.32 Å². The van der Waals surface area contributed by atoms with Gasteiger partial charge in [-0.2, -0.15) is 5.10 Å². The third-order valence-electron chi connectivity index (χ3n) is 6.30. The lowest BCUT2D eigenvalue weighted by Gasteiger charge is -2.12. The summed E-state index contributed by atoms with van der Waals surface area (Å²) in [7, 11) is 0. The molecule has 0 saturated carbocycles. The molecule has 8 heteroatoms. The monoisotopic (exact) mass is 468 g/mol. The number of fused-ring (bicyclic) bond motifs is 3. The molecule has 0 fully saturated rings. The number of nitrogens with zero attached hydrogens (tertiary/aromatic N) is 5. The second kappa shape index (κ2) is 8.54. The number of anilines is 1. The summed E-state index contributed by atoms with van der Waals surface area (Å²) in [6.45, 7) is 10.1. The summed E-state index contributed by atoms with van der Waals surface area (Å²) in [4.78, 5) is 25.8. The van der Waals surface area contributed by atoms with E-state index in [1.165, 1.54) is 14.6 Å². The SMILES string of the molecule is Cc1cc(C)c(NC(=O)Cn2nc3c4cc(-c5ccc(C(C)C)cc5)nn4ccn3c2=O)c(C)c1. The van der Waals surface area contributed by atoms with E-state index in [0.717, 1.165) is 33.6 Å². The van der Waals surface area contributed by atoms with Gasteiger partial charge in [0.15, 0.2) is 5.65 Å². The number of carbonyl (C=O) groups excluding carboxylic acids is 1. The van der Waals surface area contributed by atoms with Gasteiger partial charge in [-0.25, -0.2) is 18.4 Å². The number of nitrogens with one attached hydrogen (secondary N) is 1. The highest BCUT2D eigenvalue weighted by Gasteiger charge is 2.16. The molecule has 3 aromatic heterocycles. The number of hydrogen-bond donors (Lipinski definition) is 1. The van der Waals surface area contributed by atoms with Gasteiger partial charge >= 0.3 is 5.69 Å². The van der Waals surface area contributed by atoms with Crippen LogP contribution < -0.4 is 11.0 Å². The van der Waals surface area contributed by atoms with Crippen LogP contribution in [-0.4, -0.2) is 29.7 Å². The molecule has 0 spiro atoms. The lowest BCUT2D eigenvalue weighted by molar-refractivity contribution is -0.117. The maximum absolute atomic E-state index is 13.0. The van der Waals surface area contributed by atoms with Crippen molar-refractivity contribution in [3.05, 3.63) is 87.6 Å². The van der Waals surface area contributed by atoms with Crippen LogP contribution in [0.25, 0.3) is 22.4 Å². The van der Waals surface area contributed by atoms with Crippen molar-refractivity contribution >= 4 is 22.8 Å². The molecule has 5 aromatic rings. The summed E-state index contributed by atoms with van der Waals surface area (Å²) < 4.78 is 4.34. The van der Waals surface area contributed by atoms with E-state index in [1.807, 2.05) is 39.0 Å². The Kier molecular flexibility index (Phi) is 5.51. The van der Waals surface area contributed by atoms with Crippen LogP contribution in [0.3, 0.4) is 0 Å². The Morgan fingerprint density at radius 1 is 0.971 bits per heavy atom. The molecule has 0 aliphatic rings. The van der Waals surface area contributed by atoms with Crippen LogP contribution in [-0.2, 0) is 11.3 Å². The van der Waals surface area contributed by atoms with Gasteiger partial charge in [-0.05, 0) is 49.4 Å². The van der Waals surface area contributed by atoms with Crippen molar-refractivity contribution in [3.63, 3.8) is 0 Å². The van der Waals surface area contributed by atoms with Gasteiger partial charge in [-0.1, -0.05) is 55.8 Å². The van der Waals surface area contributed by atoms with E-state index >= 15 is 0 Å². The number of carbonyl (C=O) groups is 1. The van der Waals surface area contributed by atoms with E-state index in [1.54, 1.807) is 16.9 Å². The van der Waals surface area contributed by atoms with Gasteiger partial charge in [-0.15, -0.1) is 5.10 Å². The Morgan fingerprint density at radius 3 is 2.31 bits per heavy atom. The number of aromatic nitrogens is 5. The lowest BCUT2D eigenvalue weighted by Crippen LogP contribution is -2.28. The number of aryl methyl sites for hydroxylation is 3. The fourth-order valence-electron chi connectivity index (χ4n) is 4.51. The molecule has 178 valence electrons. The molecule has 8 nitrogen and oxygen atoms in total. The Bertz CT molecular complexity index is 1610. The fraction of sp³-hybridized carbons (Fsp3) is 0.259. The average Bonchev–Trinajstić information content (AvgIpc) is 3.38. The van der Waals surface area contributed by atoms with Crippen molar-refractivity contribution in [3.8, 4) is 11.3 Å². The zero-order valence-electron chi connectivity index (χ0n) is 20.5. The van der Waals surface area contributed by atoms with Gasteiger partial charge < -0.3 is 5.32 Å². The molecule has 3 heterocycles. The molecule has 0 aliphatic heterocycles. The third kappa shape index (κ3) is 4.12. The molecule has 0 bridgehead atoms. The van der Waals surface area contributed by atoms with Gasteiger partial charge in [-0.3, -0.25) is 4.79 Å². The summed E-state index contributed by atoms with van der Waals surface area (Å²) in [5, 5.41) is 12.1. The summed E-state index contributed by atoms with van der Waals surface area (Å²) in [6, 6.07) is 14.3. The molecule has 2 aromatic carbocycles. The van der Waals surface area contributed by atoms with E-state index < -0.39 is 0 Å². The summed E-state index contributed by atoms with van der Waals surface area (Å²) in [6.07, 6.45) is 3.35. The largest absolute Gasteiger partial charge is 0.350 e. The maximum Gasteiger partial charge on any atom is 0.350 e. The highest BCUT2D eigenvalue weighted by atomic mass is 16.2. The molecule has 0 atom stereocenters. The van der Waals surface area contributed by atoms with Crippen LogP contribution in [0, 0.1) is 20.8 Å². The molecule has 0 unspecified atom stereocenters. The standard InChI is InChI=1S/C27H28N6O2/c1-16(2)20-6-8-21(9-7-20)22-14-23-26-30-33(27(35)31(26)10-11-32(23)29-22)15-24(34)28-25-18(4)12-17(3)13-19(25)5/h6-14,16H,15H2,1-5H3,(H,28,34). The predicted molar refractivity (Wildman–Crippen MR) is 137 cm³/mol. The van der Waals surface area contributed by atoms with Crippen molar-refractivity contribution in [1.82, 2.24) is 23.8 Å². The predicted octanol–water partition coefficient (Wildman–Crippen LogP) is 4.50. The zero-order valence-corrected chi connectivity index (χ0v) is 20.5. The van der Waals surface area contributed by atoms with Gasteiger partial charge in [0.2, 0.25) is 5.91 Å². The molecular weight excluding hydrogens is 440 g/mol. The molecule has 0 radical (unpaired) electrons. The number of benzene rings is 2. The van der Waals surface area contributed by atoms with Crippen molar-refractivity contribution in [1.29, 1.82) is 0 Å².